The molecule has 6 heteroatoms. The third-order valence-corrected chi connectivity index (χ3v) is 3.51. The first-order valence-electron chi connectivity index (χ1n) is 5.04. The van der Waals surface area contributed by atoms with Crippen molar-refractivity contribution in [1.29, 1.82) is 0 Å². The summed E-state index contributed by atoms with van der Waals surface area (Å²) in [6, 6.07) is 3.87. The van der Waals surface area contributed by atoms with Gasteiger partial charge in [-0.3, -0.25) is 0 Å². The first-order valence-corrected chi connectivity index (χ1v) is 6.33. The van der Waals surface area contributed by atoms with Crippen LogP contribution in [0.4, 0.5) is 11.5 Å². The molecular weight excluding hydrogens is 224 g/mol. The summed E-state index contributed by atoms with van der Waals surface area (Å²) < 4.78 is 0. The Kier molecular flexibility index (Phi) is 5.37. The first kappa shape index (κ1) is 13.1. The fraction of sp³-hybridized carbons (Fsp3) is 0.500. The Balaban J connectivity index is 2.64. The average Bonchev–Trinajstić information content (AvgIpc) is 2.31. The van der Waals surface area contributed by atoms with Gasteiger partial charge in [0.1, 0.15) is 5.82 Å². The van der Waals surface area contributed by atoms with Crippen LogP contribution in [0.1, 0.15) is 6.92 Å². The van der Waals surface area contributed by atoms with E-state index in [1.807, 2.05) is 25.3 Å². The number of aliphatic hydroxyl groups excluding tert-OH is 1. The summed E-state index contributed by atoms with van der Waals surface area (Å²) in [4.78, 5) is 4.02. The molecule has 2 atom stereocenters. The summed E-state index contributed by atoms with van der Waals surface area (Å²) in [7, 11) is 0. The van der Waals surface area contributed by atoms with Crippen molar-refractivity contribution in [3.05, 3.63) is 18.3 Å². The smallest absolute Gasteiger partial charge is 0.141 e. The fourth-order valence-electron chi connectivity index (χ4n) is 1.39. The Bertz CT molecular complexity index is 319. The molecule has 1 aromatic rings. The third-order valence-electron chi connectivity index (χ3n) is 2.34. The van der Waals surface area contributed by atoms with Crippen molar-refractivity contribution in [3.8, 4) is 0 Å². The lowest BCUT2D eigenvalue weighted by Gasteiger charge is -2.22. The molecule has 0 saturated heterocycles. The molecule has 0 aliphatic carbocycles. The molecule has 0 saturated carbocycles. The highest BCUT2D eigenvalue weighted by molar-refractivity contribution is 7.99. The van der Waals surface area contributed by atoms with Crippen molar-refractivity contribution >= 4 is 23.3 Å². The summed E-state index contributed by atoms with van der Waals surface area (Å²) in [5.74, 6) is 5.89. The summed E-state index contributed by atoms with van der Waals surface area (Å²) >= 11 is 1.64. The molecule has 0 bridgehead atoms. The van der Waals surface area contributed by atoms with E-state index in [4.69, 9.17) is 10.9 Å². The van der Waals surface area contributed by atoms with Gasteiger partial charge >= 0.3 is 0 Å². The molecule has 1 rings (SSSR count). The van der Waals surface area contributed by atoms with E-state index in [2.05, 4.69) is 15.7 Å². The monoisotopic (exact) mass is 242 g/mol. The molecule has 0 radical (unpaired) electrons. The van der Waals surface area contributed by atoms with Gasteiger partial charge in [0.25, 0.3) is 0 Å². The topological polar surface area (TPSA) is 83.2 Å². The second-order valence-electron chi connectivity index (χ2n) is 3.46. The zero-order valence-electron chi connectivity index (χ0n) is 9.47. The highest BCUT2D eigenvalue weighted by Gasteiger charge is 2.14. The van der Waals surface area contributed by atoms with Gasteiger partial charge in [-0.2, -0.15) is 11.8 Å². The van der Waals surface area contributed by atoms with Gasteiger partial charge in [0.15, 0.2) is 0 Å². The summed E-state index contributed by atoms with van der Waals surface area (Å²) in [6.07, 6.45) is 3.66. The second kappa shape index (κ2) is 6.57. The van der Waals surface area contributed by atoms with Crippen LogP contribution in [0.2, 0.25) is 0 Å². The van der Waals surface area contributed by atoms with Crippen LogP contribution >= 0.6 is 11.8 Å². The van der Waals surface area contributed by atoms with Crippen molar-refractivity contribution < 1.29 is 5.11 Å². The maximum absolute atomic E-state index is 9.17. The zero-order chi connectivity index (χ0) is 12.0. The van der Waals surface area contributed by atoms with Crippen molar-refractivity contribution in [3.63, 3.8) is 0 Å². The number of anilines is 2. The molecule has 16 heavy (non-hydrogen) atoms. The summed E-state index contributed by atoms with van der Waals surface area (Å²) in [5, 5.41) is 12.6. The van der Waals surface area contributed by atoms with E-state index in [1.54, 1.807) is 18.0 Å². The van der Waals surface area contributed by atoms with Crippen molar-refractivity contribution in [2.24, 2.45) is 5.84 Å². The van der Waals surface area contributed by atoms with Crippen LogP contribution in [0.3, 0.4) is 0 Å². The minimum atomic E-state index is 0.155. The van der Waals surface area contributed by atoms with E-state index in [0.29, 0.717) is 5.82 Å². The highest BCUT2D eigenvalue weighted by Crippen LogP contribution is 2.17. The number of nitrogens with one attached hydrogen (secondary N) is 2. The van der Waals surface area contributed by atoms with Crippen LogP contribution in [0, 0.1) is 0 Å². The van der Waals surface area contributed by atoms with E-state index in [-0.39, 0.29) is 17.9 Å². The lowest BCUT2D eigenvalue weighted by atomic mass is 10.2. The number of hydrogen-bond acceptors (Lipinski definition) is 6. The molecule has 5 N–H and O–H groups in total. The van der Waals surface area contributed by atoms with Gasteiger partial charge in [-0.05, 0) is 19.2 Å². The number of aliphatic hydroxyl groups is 1. The molecule has 0 fully saturated rings. The van der Waals surface area contributed by atoms with Crippen LogP contribution in [0.25, 0.3) is 0 Å². The van der Waals surface area contributed by atoms with Gasteiger partial charge in [-0.15, -0.1) is 0 Å². The predicted octanol–water partition coefficient (Wildman–Crippen LogP) is 0.891. The van der Waals surface area contributed by atoms with Crippen molar-refractivity contribution in [2.75, 3.05) is 23.6 Å². The normalized spacial score (nSPS) is 14.2. The van der Waals surface area contributed by atoms with E-state index >= 15 is 0 Å². The van der Waals surface area contributed by atoms with Gasteiger partial charge in [0, 0.05) is 29.2 Å². The first-order chi connectivity index (χ1) is 7.71. The van der Waals surface area contributed by atoms with E-state index < -0.39 is 0 Å². The summed E-state index contributed by atoms with van der Waals surface area (Å²) in [5.41, 5.74) is 3.43. The number of hydrogen-bond donors (Lipinski definition) is 4. The number of thioether (sulfide) groups is 1. The number of aromatic nitrogens is 1. The van der Waals surface area contributed by atoms with E-state index in [0.717, 1.165) is 5.69 Å². The minimum Gasteiger partial charge on any atom is -0.395 e. The molecular formula is C10H18N4OS. The largest absolute Gasteiger partial charge is 0.395 e. The van der Waals surface area contributed by atoms with Crippen molar-refractivity contribution in [1.82, 2.24) is 4.98 Å². The lowest BCUT2D eigenvalue weighted by Crippen LogP contribution is -2.31. The molecule has 0 spiro atoms. The Morgan fingerprint density at radius 2 is 2.38 bits per heavy atom. The maximum Gasteiger partial charge on any atom is 0.141 e. The van der Waals surface area contributed by atoms with Gasteiger partial charge in [-0.25, -0.2) is 10.8 Å². The minimum absolute atomic E-state index is 0.155. The summed E-state index contributed by atoms with van der Waals surface area (Å²) in [6.45, 7) is 2.19. The Morgan fingerprint density at radius 3 is 2.94 bits per heavy atom. The zero-order valence-corrected chi connectivity index (χ0v) is 10.3. The number of nitrogen functional groups attached to an aromatic ring is 1. The standard InChI is InChI=1S/C10H18N4OS/c1-7(9(6-15)16-2)13-8-3-4-12-10(5-8)14-11/h3-5,7,9,15H,6,11H2,1-2H3,(H2,12,13,14). The number of nitrogens with zero attached hydrogens (tertiary/aromatic N) is 1. The molecule has 1 aromatic heterocycles. The van der Waals surface area contributed by atoms with Crippen LogP contribution in [-0.2, 0) is 0 Å². The quantitative estimate of drug-likeness (QED) is 0.438. The van der Waals surface area contributed by atoms with Gasteiger partial charge in [0.05, 0.1) is 6.61 Å². The molecule has 0 amide bonds. The molecule has 0 aliphatic rings. The number of pyridine rings is 1. The lowest BCUT2D eigenvalue weighted by molar-refractivity contribution is 0.288. The average molecular weight is 242 g/mol. The van der Waals surface area contributed by atoms with E-state index in [1.165, 1.54) is 0 Å². The Morgan fingerprint density at radius 1 is 1.62 bits per heavy atom. The SMILES string of the molecule is CSC(CO)C(C)Nc1ccnc(NN)c1. The van der Waals surface area contributed by atoms with Crippen LogP contribution in [-0.4, -0.2) is 34.2 Å². The maximum atomic E-state index is 9.17. The molecule has 5 nitrogen and oxygen atoms in total. The predicted molar refractivity (Wildman–Crippen MR) is 69.5 cm³/mol. The highest BCUT2D eigenvalue weighted by atomic mass is 32.2. The molecule has 90 valence electrons. The van der Waals surface area contributed by atoms with E-state index in [9.17, 15) is 0 Å². The second-order valence-corrected chi connectivity index (χ2v) is 4.54. The number of rotatable bonds is 6. The number of hydrazine groups is 1. The molecule has 0 aliphatic heterocycles. The Labute approximate surface area is 99.8 Å². The Hall–Kier alpha value is -0.980. The molecule has 2 unspecified atom stereocenters. The number of nitrogens with two attached hydrogens (primary N) is 1. The van der Waals surface area contributed by atoms with Gasteiger partial charge in [0.2, 0.25) is 0 Å². The molecule has 1 heterocycles. The van der Waals surface area contributed by atoms with Crippen molar-refractivity contribution in [2.45, 2.75) is 18.2 Å². The van der Waals surface area contributed by atoms with Gasteiger partial charge in [-0.1, -0.05) is 0 Å². The molecule has 0 aromatic carbocycles. The van der Waals surface area contributed by atoms with Crippen LogP contribution in [0.5, 0.6) is 0 Å². The van der Waals surface area contributed by atoms with Crippen LogP contribution in [0.15, 0.2) is 18.3 Å². The van der Waals surface area contributed by atoms with Crippen LogP contribution < -0.4 is 16.6 Å². The third kappa shape index (κ3) is 3.55. The van der Waals surface area contributed by atoms with Gasteiger partial charge < -0.3 is 15.8 Å². The fourth-order valence-corrected chi connectivity index (χ4v) is 2.02.